The molecule has 0 radical (unpaired) electrons. The predicted octanol–water partition coefficient (Wildman–Crippen LogP) is 3.39. The highest BCUT2D eigenvalue weighted by Crippen LogP contribution is 2.36. The monoisotopic (exact) mass is 449 g/mol. The Hall–Kier alpha value is -2.64. The molecular weight excluding hydrogens is 414 g/mol. The normalized spacial score (nSPS) is 25.6. The lowest BCUT2D eigenvalue weighted by Gasteiger charge is -2.43. The first-order chi connectivity index (χ1) is 16.2. The van der Waals surface area contributed by atoms with Gasteiger partial charge in [-0.2, -0.15) is 15.0 Å². The number of nitrogens with zero attached hydrogens (tertiary/aromatic N) is 6. The summed E-state index contributed by atoms with van der Waals surface area (Å²) in [5.41, 5.74) is 1.29. The summed E-state index contributed by atoms with van der Waals surface area (Å²) in [6.45, 7) is 4.58. The SMILES string of the molecule is O=c1cccc2n1CC1CC2CN(c2nc(NC3CCCCC3)nc(N3CCCCC3)n2)C1. The van der Waals surface area contributed by atoms with Crippen molar-refractivity contribution >= 4 is 17.8 Å². The van der Waals surface area contributed by atoms with Crippen LogP contribution in [0.1, 0.15) is 69.4 Å². The largest absolute Gasteiger partial charge is 0.351 e. The molecule has 2 saturated heterocycles. The molecule has 3 aliphatic heterocycles. The Bertz CT molecular complexity index is 1040. The number of pyridine rings is 1. The molecule has 1 saturated carbocycles. The molecule has 2 unspecified atom stereocenters. The zero-order chi connectivity index (χ0) is 22.2. The third-order valence-electron chi connectivity index (χ3n) is 7.95. The molecule has 1 aliphatic carbocycles. The van der Waals surface area contributed by atoms with Gasteiger partial charge >= 0.3 is 0 Å². The van der Waals surface area contributed by atoms with E-state index in [2.05, 4.69) is 21.2 Å². The molecular formula is C25H35N7O. The highest BCUT2D eigenvalue weighted by Gasteiger charge is 2.36. The fourth-order valence-corrected chi connectivity index (χ4v) is 6.28. The van der Waals surface area contributed by atoms with Gasteiger partial charge < -0.3 is 19.7 Å². The summed E-state index contributed by atoms with van der Waals surface area (Å²) in [7, 11) is 0. The van der Waals surface area contributed by atoms with E-state index in [1.54, 1.807) is 6.07 Å². The van der Waals surface area contributed by atoms with Gasteiger partial charge in [0.15, 0.2) is 0 Å². The van der Waals surface area contributed by atoms with Crippen LogP contribution in [0.4, 0.5) is 17.8 Å². The van der Waals surface area contributed by atoms with Crippen molar-refractivity contribution in [3.05, 3.63) is 34.2 Å². The molecule has 0 amide bonds. The lowest BCUT2D eigenvalue weighted by atomic mass is 9.83. The van der Waals surface area contributed by atoms with Crippen molar-refractivity contribution in [2.45, 2.75) is 76.3 Å². The molecule has 5 heterocycles. The Balaban J connectivity index is 1.30. The Morgan fingerprint density at radius 1 is 0.818 bits per heavy atom. The highest BCUT2D eigenvalue weighted by molar-refractivity contribution is 5.47. The summed E-state index contributed by atoms with van der Waals surface area (Å²) in [5.74, 6) is 3.15. The summed E-state index contributed by atoms with van der Waals surface area (Å²) in [6, 6.07) is 6.16. The summed E-state index contributed by atoms with van der Waals surface area (Å²) in [5, 5.41) is 3.65. The van der Waals surface area contributed by atoms with Crippen molar-refractivity contribution in [3.8, 4) is 0 Å². The van der Waals surface area contributed by atoms with E-state index >= 15 is 0 Å². The van der Waals surface area contributed by atoms with Gasteiger partial charge in [0.25, 0.3) is 5.56 Å². The van der Waals surface area contributed by atoms with Gasteiger partial charge in [-0.15, -0.1) is 0 Å². The van der Waals surface area contributed by atoms with E-state index < -0.39 is 0 Å². The number of hydrogen-bond acceptors (Lipinski definition) is 7. The first kappa shape index (κ1) is 20.9. The Kier molecular flexibility index (Phi) is 5.68. The van der Waals surface area contributed by atoms with Crippen molar-refractivity contribution in [3.63, 3.8) is 0 Å². The maximum absolute atomic E-state index is 12.4. The third-order valence-corrected chi connectivity index (χ3v) is 7.95. The molecule has 2 bridgehead atoms. The Morgan fingerprint density at radius 3 is 2.39 bits per heavy atom. The molecule has 2 atom stereocenters. The van der Waals surface area contributed by atoms with Gasteiger partial charge in [-0.1, -0.05) is 25.3 Å². The van der Waals surface area contributed by atoms with Gasteiger partial charge in [0.2, 0.25) is 17.8 Å². The van der Waals surface area contributed by atoms with Crippen LogP contribution in [0.25, 0.3) is 0 Å². The first-order valence-electron chi connectivity index (χ1n) is 13.0. The standard InChI is InChI=1S/C25H35N7O/c33-22-11-7-10-21-19-14-18(16-32(21)22)15-31(17-19)25-28-23(26-20-8-3-1-4-9-20)27-24(29-25)30-12-5-2-6-13-30/h7,10-11,18-20H,1-6,8-9,12-17H2,(H,26,27,28,29). The van der Waals surface area contributed by atoms with Crippen molar-refractivity contribution in [2.24, 2.45) is 5.92 Å². The molecule has 1 N–H and O–H groups in total. The van der Waals surface area contributed by atoms with E-state index in [4.69, 9.17) is 15.0 Å². The minimum atomic E-state index is 0.127. The number of nitrogens with one attached hydrogen (secondary N) is 1. The lowest BCUT2D eigenvalue weighted by molar-refractivity contribution is 0.279. The number of aromatic nitrogens is 4. The van der Waals surface area contributed by atoms with E-state index in [0.717, 1.165) is 62.7 Å². The Labute approximate surface area is 195 Å². The summed E-state index contributed by atoms with van der Waals surface area (Å²) >= 11 is 0. The predicted molar refractivity (Wildman–Crippen MR) is 130 cm³/mol. The highest BCUT2D eigenvalue weighted by atomic mass is 16.1. The molecule has 0 aromatic carbocycles. The number of rotatable bonds is 4. The lowest BCUT2D eigenvalue weighted by Crippen LogP contribution is -2.47. The van der Waals surface area contributed by atoms with E-state index in [-0.39, 0.29) is 5.56 Å². The molecule has 4 aliphatic rings. The first-order valence-corrected chi connectivity index (χ1v) is 13.0. The van der Waals surface area contributed by atoms with Crippen LogP contribution in [0.3, 0.4) is 0 Å². The van der Waals surface area contributed by atoms with Crippen LogP contribution >= 0.6 is 0 Å². The molecule has 0 spiro atoms. The zero-order valence-corrected chi connectivity index (χ0v) is 19.5. The number of hydrogen-bond donors (Lipinski definition) is 1. The van der Waals surface area contributed by atoms with Crippen LogP contribution in [-0.2, 0) is 6.54 Å². The minimum Gasteiger partial charge on any atom is -0.351 e. The molecule has 176 valence electrons. The maximum atomic E-state index is 12.4. The van der Waals surface area contributed by atoms with Gasteiger partial charge in [-0.3, -0.25) is 4.79 Å². The van der Waals surface area contributed by atoms with E-state index in [9.17, 15) is 4.79 Å². The van der Waals surface area contributed by atoms with Crippen LogP contribution in [0.2, 0.25) is 0 Å². The van der Waals surface area contributed by atoms with Crippen molar-refractivity contribution in [2.75, 3.05) is 41.3 Å². The van der Waals surface area contributed by atoms with Gasteiger partial charge in [0.1, 0.15) is 0 Å². The van der Waals surface area contributed by atoms with Crippen LogP contribution in [0.5, 0.6) is 0 Å². The number of piperidine rings is 2. The molecule has 8 nitrogen and oxygen atoms in total. The molecule has 2 aromatic rings. The molecule has 2 aromatic heterocycles. The van der Waals surface area contributed by atoms with Crippen molar-refractivity contribution in [1.82, 2.24) is 19.5 Å². The third kappa shape index (κ3) is 4.32. The van der Waals surface area contributed by atoms with Crippen LogP contribution in [0, 0.1) is 5.92 Å². The van der Waals surface area contributed by atoms with Crippen molar-refractivity contribution < 1.29 is 0 Å². The molecule has 8 heteroatoms. The zero-order valence-electron chi connectivity index (χ0n) is 19.5. The quantitative estimate of drug-likeness (QED) is 0.766. The maximum Gasteiger partial charge on any atom is 0.250 e. The van der Waals surface area contributed by atoms with E-state index in [1.807, 2.05) is 10.6 Å². The average molecular weight is 450 g/mol. The molecule has 33 heavy (non-hydrogen) atoms. The van der Waals surface area contributed by atoms with E-state index in [1.165, 1.54) is 51.4 Å². The van der Waals surface area contributed by atoms with E-state index in [0.29, 0.717) is 17.9 Å². The second kappa shape index (κ2) is 8.95. The smallest absolute Gasteiger partial charge is 0.250 e. The van der Waals surface area contributed by atoms with Crippen LogP contribution < -0.4 is 20.7 Å². The second-order valence-corrected chi connectivity index (χ2v) is 10.4. The minimum absolute atomic E-state index is 0.127. The van der Waals surface area contributed by atoms with Crippen molar-refractivity contribution in [1.29, 1.82) is 0 Å². The average Bonchev–Trinajstić information content (AvgIpc) is 2.86. The fourth-order valence-electron chi connectivity index (χ4n) is 6.28. The van der Waals surface area contributed by atoms with Gasteiger partial charge in [-0.05, 0) is 50.5 Å². The van der Waals surface area contributed by atoms with Gasteiger partial charge in [0, 0.05) is 56.4 Å². The van der Waals surface area contributed by atoms with Crippen LogP contribution in [0.15, 0.2) is 23.0 Å². The van der Waals surface area contributed by atoms with Crippen LogP contribution in [-0.4, -0.2) is 51.7 Å². The number of fused-ring (bicyclic) bond motifs is 4. The molecule has 6 rings (SSSR count). The summed E-state index contributed by atoms with van der Waals surface area (Å²) < 4.78 is 1.98. The Morgan fingerprint density at radius 2 is 1.58 bits per heavy atom. The number of anilines is 3. The second-order valence-electron chi connectivity index (χ2n) is 10.4. The van der Waals surface area contributed by atoms with Gasteiger partial charge in [-0.25, -0.2) is 0 Å². The fraction of sp³-hybridized carbons (Fsp3) is 0.680. The summed E-state index contributed by atoms with van der Waals surface area (Å²) in [6.07, 6.45) is 11.1. The summed E-state index contributed by atoms with van der Waals surface area (Å²) in [4.78, 5) is 31.9. The molecule has 3 fully saturated rings. The topological polar surface area (TPSA) is 79.2 Å². The van der Waals surface area contributed by atoms with Gasteiger partial charge in [0.05, 0.1) is 0 Å².